The summed E-state index contributed by atoms with van der Waals surface area (Å²) in [5.74, 6) is 0. The van der Waals surface area contributed by atoms with Gasteiger partial charge in [0.2, 0.25) is 0 Å². The normalized spacial score (nSPS) is 22.4. The first-order chi connectivity index (χ1) is 9.22. The number of piperidine rings is 1. The Kier molecular flexibility index (Phi) is 5.41. The first-order valence-electron chi connectivity index (χ1n) is 7.80. The molecule has 1 aromatic rings. The lowest BCUT2D eigenvalue weighted by molar-refractivity contribution is 0.192. The Morgan fingerprint density at radius 2 is 2.00 bits per heavy atom. The fourth-order valence-corrected chi connectivity index (χ4v) is 2.97. The molecule has 106 valence electrons. The van der Waals surface area contributed by atoms with Crippen LogP contribution in [0.25, 0.3) is 0 Å². The van der Waals surface area contributed by atoms with E-state index in [1.54, 1.807) is 0 Å². The second-order valence-electron chi connectivity index (χ2n) is 5.72. The molecule has 1 fully saturated rings. The number of likely N-dealkylation sites (N-methyl/N-ethyl adjacent to an activating group) is 1. The van der Waals surface area contributed by atoms with Gasteiger partial charge in [-0.3, -0.25) is 0 Å². The Morgan fingerprint density at radius 1 is 1.26 bits per heavy atom. The summed E-state index contributed by atoms with van der Waals surface area (Å²) in [6, 6.07) is 10.2. The molecular weight excluding hydrogens is 232 g/mol. The highest BCUT2D eigenvalue weighted by molar-refractivity contribution is 5.24. The predicted octanol–water partition coefficient (Wildman–Crippen LogP) is 3.38. The first-order valence-corrected chi connectivity index (χ1v) is 7.80. The van der Waals surface area contributed by atoms with Crippen molar-refractivity contribution in [3.8, 4) is 0 Å². The molecule has 1 aromatic carbocycles. The van der Waals surface area contributed by atoms with E-state index in [4.69, 9.17) is 0 Å². The fraction of sp³-hybridized carbons (Fsp3) is 0.647. The monoisotopic (exact) mass is 260 g/mol. The van der Waals surface area contributed by atoms with E-state index in [1.165, 1.54) is 43.6 Å². The third-order valence-corrected chi connectivity index (χ3v) is 4.33. The van der Waals surface area contributed by atoms with Crippen molar-refractivity contribution in [1.82, 2.24) is 10.2 Å². The average Bonchev–Trinajstić information content (AvgIpc) is 2.47. The smallest absolute Gasteiger partial charge is 0.0294 e. The van der Waals surface area contributed by atoms with Crippen LogP contribution >= 0.6 is 0 Å². The Labute approximate surface area is 118 Å². The molecule has 0 aromatic heterocycles. The van der Waals surface area contributed by atoms with Gasteiger partial charge in [0.15, 0.2) is 0 Å². The maximum absolute atomic E-state index is 3.80. The zero-order chi connectivity index (χ0) is 13.7. The Bertz CT molecular complexity index is 371. The Hall–Kier alpha value is -0.860. The summed E-state index contributed by atoms with van der Waals surface area (Å²) in [5.41, 5.74) is 2.83. The van der Waals surface area contributed by atoms with Gasteiger partial charge in [-0.05, 0) is 50.4 Å². The summed E-state index contributed by atoms with van der Waals surface area (Å²) < 4.78 is 0. The standard InChI is InChI=1S/C17H28N2/c1-4-15-8-10-16(11-9-15)14(3)18-17-7-6-12-19(5-2)13-17/h8-11,14,17-18H,4-7,12-13H2,1-3H3. The molecule has 1 heterocycles. The van der Waals surface area contributed by atoms with E-state index in [0.717, 1.165) is 6.42 Å². The highest BCUT2D eigenvalue weighted by atomic mass is 15.2. The summed E-state index contributed by atoms with van der Waals surface area (Å²) in [6.07, 6.45) is 3.76. The van der Waals surface area contributed by atoms with Gasteiger partial charge in [0.1, 0.15) is 0 Å². The Morgan fingerprint density at radius 3 is 2.63 bits per heavy atom. The number of hydrogen-bond donors (Lipinski definition) is 1. The highest BCUT2D eigenvalue weighted by Gasteiger charge is 2.20. The molecule has 0 amide bonds. The van der Waals surface area contributed by atoms with Crippen LogP contribution in [0.1, 0.15) is 50.8 Å². The van der Waals surface area contributed by atoms with Crippen molar-refractivity contribution in [2.75, 3.05) is 19.6 Å². The largest absolute Gasteiger partial charge is 0.306 e. The van der Waals surface area contributed by atoms with Crippen LogP contribution in [0.5, 0.6) is 0 Å². The quantitative estimate of drug-likeness (QED) is 0.873. The molecule has 2 heteroatoms. The third-order valence-electron chi connectivity index (χ3n) is 4.33. The van der Waals surface area contributed by atoms with E-state index in [-0.39, 0.29) is 0 Å². The van der Waals surface area contributed by atoms with Crippen LogP contribution in [0, 0.1) is 0 Å². The molecule has 1 N–H and O–H groups in total. The molecule has 1 saturated heterocycles. The van der Waals surface area contributed by atoms with Gasteiger partial charge in [-0.2, -0.15) is 0 Å². The minimum Gasteiger partial charge on any atom is -0.306 e. The first kappa shape index (κ1) is 14.5. The van der Waals surface area contributed by atoms with E-state index in [2.05, 4.69) is 55.3 Å². The van der Waals surface area contributed by atoms with Crippen molar-refractivity contribution in [2.45, 2.75) is 52.1 Å². The lowest BCUT2D eigenvalue weighted by Crippen LogP contribution is -2.46. The number of benzene rings is 1. The Balaban J connectivity index is 1.90. The second kappa shape index (κ2) is 7.06. The molecule has 0 bridgehead atoms. The maximum Gasteiger partial charge on any atom is 0.0294 e. The van der Waals surface area contributed by atoms with E-state index < -0.39 is 0 Å². The predicted molar refractivity (Wildman–Crippen MR) is 82.5 cm³/mol. The molecule has 19 heavy (non-hydrogen) atoms. The zero-order valence-corrected chi connectivity index (χ0v) is 12.7. The number of likely N-dealkylation sites (tertiary alicyclic amines) is 1. The molecular formula is C17H28N2. The number of hydrogen-bond acceptors (Lipinski definition) is 2. The number of nitrogens with zero attached hydrogens (tertiary/aromatic N) is 1. The van der Waals surface area contributed by atoms with Crippen LogP contribution in [-0.2, 0) is 6.42 Å². The van der Waals surface area contributed by atoms with Gasteiger partial charge in [0, 0.05) is 18.6 Å². The molecule has 0 radical (unpaired) electrons. The lowest BCUT2D eigenvalue weighted by Gasteiger charge is -2.34. The second-order valence-corrected chi connectivity index (χ2v) is 5.72. The van der Waals surface area contributed by atoms with Crippen LogP contribution in [0.3, 0.4) is 0 Å². The molecule has 1 aliphatic rings. The molecule has 0 spiro atoms. The molecule has 2 nitrogen and oxygen atoms in total. The molecule has 1 aliphatic heterocycles. The van der Waals surface area contributed by atoms with Crippen LogP contribution < -0.4 is 5.32 Å². The lowest BCUT2D eigenvalue weighted by atomic mass is 10.0. The van der Waals surface area contributed by atoms with E-state index in [0.29, 0.717) is 12.1 Å². The van der Waals surface area contributed by atoms with Gasteiger partial charge in [0.25, 0.3) is 0 Å². The molecule has 2 rings (SSSR count). The molecule has 2 atom stereocenters. The van der Waals surface area contributed by atoms with E-state index >= 15 is 0 Å². The van der Waals surface area contributed by atoms with Crippen LogP contribution in [0.15, 0.2) is 24.3 Å². The van der Waals surface area contributed by atoms with Crippen molar-refractivity contribution in [3.63, 3.8) is 0 Å². The number of nitrogens with one attached hydrogen (secondary N) is 1. The maximum atomic E-state index is 3.80. The zero-order valence-electron chi connectivity index (χ0n) is 12.7. The SMILES string of the molecule is CCc1ccc(C(C)NC2CCCN(CC)C2)cc1. The average molecular weight is 260 g/mol. The fourth-order valence-electron chi connectivity index (χ4n) is 2.97. The van der Waals surface area contributed by atoms with Gasteiger partial charge in [-0.25, -0.2) is 0 Å². The number of rotatable bonds is 5. The number of aryl methyl sites for hydroxylation is 1. The van der Waals surface area contributed by atoms with Crippen LogP contribution in [-0.4, -0.2) is 30.6 Å². The topological polar surface area (TPSA) is 15.3 Å². The van der Waals surface area contributed by atoms with Gasteiger partial charge in [-0.1, -0.05) is 38.1 Å². The van der Waals surface area contributed by atoms with Crippen molar-refractivity contribution < 1.29 is 0 Å². The van der Waals surface area contributed by atoms with Crippen molar-refractivity contribution >= 4 is 0 Å². The molecule has 0 saturated carbocycles. The van der Waals surface area contributed by atoms with Crippen molar-refractivity contribution in [1.29, 1.82) is 0 Å². The van der Waals surface area contributed by atoms with Gasteiger partial charge >= 0.3 is 0 Å². The van der Waals surface area contributed by atoms with Crippen molar-refractivity contribution in [2.24, 2.45) is 0 Å². The summed E-state index contributed by atoms with van der Waals surface area (Å²) >= 11 is 0. The van der Waals surface area contributed by atoms with Gasteiger partial charge in [-0.15, -0.1) is 0 Å². The van der Waals surface area contributed by atoms with Crippen molar-refractivity contribution in [3.05, 3.63) is 35.4 Å². The third kappa shape index (κ3) is 4.05. The molecule has 2 unspecified atom stereocenters. The summed E-state index contributed by atoms with van der Waals surface area (Å²) in [5, 5.41) is 3.80. The summed E-state index contributed by atoms with van der Waals surface area (Å²) in [7, 11) is 0. The minimum atomic E-state index is 0.452. The van der Waals surface area contributed by atoms with Gasteiger partial charge in [0.05, 0.1) is 0 Å². The van der Waals surface area contributed by atoms with Crippen LogP contribution in [0.4, 0.5) is 0 Å². The summed E-state index contributed by atoms with van der Waals surface area (Å²) in [4.78, 5) is 2.55. The van der Waals surface area contributed by atoms with E-state index in [1.807, 2.05) is 0 Å². The summed E-state index contributed by atoms with van der Waals surface area (Å²) in [6.45, 7) is 10.4. The molecule has 0 aliphatic carbocycles. The van der Waals surface area contributed by atoms with Crippen LogP contribution in [0.2, 0.25) is 0 Å². The van der Waals surface area contributed by atoms with E-state index in [9.17, 15) is 0 Å². The minimum absolute atomic E-state index is 0.452. The highest BCUT2D eigenvalue weighted by Crippen LogP contribution is 2.17. The van der Waals surface area contributed by atoms with Gasteiger partial charge < -0.3 is 10.2 Å².